The number of aliphatic carboxylic acids is 1. The first-order valence-electron chi connectivity index (χ1n) is 11.8. The van der Waals surface area contributed by atoms with Crippen LogP contribution in [-0.2, 0) is 25.7 Å². The van der Waals surface area contributed by atoms with Crippen molar-refractivity contribution < 1.29 is 46.6 Å². The van der Waals surface area contributed by atoms with Crippen LogP contribution >= 0.6 is 0 Å². The number of carboxylic acid groups (broad SMARTS) is 1. The molecule has 1 N–H and O–H groups in total. The molecule has 1 saturated heterocycles. The third-order valence-corrected chi connectivity index (χ3v) is 6.25. The predicted molar refractivity (Wildman–Crippen MR) is 125 cm³/mol. The van der Waals surface area contributed by atoms with Crippen LogP contribution in [0.1, 0.15) is 25.3 Å². The van der Waals surface area contributed by atoms with E-state index >= 15 is 0 Å². The van der Waals surface area contributed by atoms with Gasteiger partial charge in [-0.3, -0.25) is 24.1 Å². The van der Waals surface area contributed by atoms with Gasteiger partial charge in [-0.1, -0.05) is 30.3 Å². The van der Waals surface area contributed by atoms with Crippen LogP contribution in [0.5, 0.6) is 5.75 Å². The van der Waals surface area contributed by atoms with Gasteiger partial charge in [0.25, 0.3) is 0 Å². The molecule has 38 heavy (non-hydrogen) atoms. The lowest BCUT2D eigenvalue weighted by Crippen LogP contribution is -2.56. The summed E-state index contributed by atoms with van der Waals surface area (Å²) in [5.74, 6) is -13.5. The molecule has 2 atom stereocenters. The molecule has 1 amide bonds. The maximum Gasteiger partial charge on any atom is 0.304 e. The summed E-state index contributed by atoms with van der Waals surface area (Å²) in [7, 11) is 0. The van der Waals surface area contributed by atoms with Crippen molar-refractivity contribution in [2.24, 2.45) is 5.92 Å². The number of ketones is 2. The van der Waals surface area contributed by atoms with E-state index in [0.717, 1.165) is 5.56 Å². The van der Waals surface area contributed by atoms with E-state index in [0.29, 0.717) is 13.1 Å². The highest BCUT2D eigenvalue weighted by molar-refractivity contribution is 5.93. The largest absolute Gasteiger partial charge is 0.481 e. The summed E-state index contributed by atoms with van der Waals surface area (Å²) >= 11 is 0. The van der Waals surface area contributed by atoms with Crippen LogP contribution in [0.15, 0.2) is 36.4 Å². The van der Waals surface area contributed by atoms with Crippen molar-refractivity contribution in [2.45, 2.75) is 32.4 Å². The zero-order valence-corrected chi connectivity index (χ0v) is 20.5. The molecule has 3 rings (SSSR count). The summed E-state index contributed by atoms with van der Waals surface area (Å²) in [6.45, 7) is 1.50. The summed E-state index contributed by atoms with van der Waals surface area (Å²) in [6, 6.07) is 8.98. The number of amides is 1. The highest BCUT2D eigenvalue weighted by Gasteiger charge is 2.34. The Labute approximate surface area is 215 Å². The molecule has 0 unspecified atom stereocenters. The van der Waals surface area contributed by atoms with Gasteiger partial charge in [-0.15, -0.1) is 0 Å². The average Bonchev–Trinajstić information content (AvgIpc) is 2.87. The van der Waals surface area contributed by atoms with Crippen molar-refractivity contribution in [1.29, 1.82) is 0 Å². The maximum absolute atomic E-state index is 13.8. The fourth-order valence-electron chi connectivity index (χ4n) is 4.17. The SMILES string of the molecule is C[C@H]1C(=O)N(CC(=O)C[C@@H](CC(=O)O)C(=O)COc2c(F)c(F)cc(F)c2F)CCN1Cc1ccccc1. The Hall–Kier alpha value is -3.80. The maximum atomic E-state index is 13.8. The van der Waals surface area contributed by atoms with Gasteiger partial charge in [0.1, 0.15) is 6.61 Å². The van der Waals surface area contributed by atoms with Crippen molar-refractivity contribution in [2.75, 3.05) is 26.2 Å². The third-order valence-electron chi connectivity index (χ3n) is 6.25. The molecule has 0 radical (unpaired) electrons. The second-order valence-electron chi connectivity index (χ2n) is 8.98. The normalized spacial score (nSPS) is 16.8. The van der Waals surface area contributed by atoms with Crippen molar-refractivity contribution in [1.82, 2.24) is 9.80 Å². The monoisotopic (exact) mass is 538 g/mol. The van der Waals surface area contributed by atoms with Crippen molar-refractivity contribution >= 4 is 23.4 Å². The van der Waals surface area contributed by atoms with Gasteiger partial charge in [-0.2, -0.15) is 8.78 Å². The number of rotatable bonds is 12. The standard InChI is InChI=1S/C26H26F4N2O6/c1-15-26(37)32(8-7-31(15)12-16-5-3-2-4-6-16)13-18(33)9-17(10-22(35)36)21(34)14-38-25-23(29)19(27)11-20(28)24(25)30/h2-6,11,15,17H,7-10,12-14H2,1H3,(H,35,36)/t15-,17-/m0/s1. The van der Waals surface area contributed by atoms with Gasteiger partial charge in [0.05, 0.1) is 19.0 Å². The molecule has 0 aromatic heterocycles. The van der Waals surface area contributed by atoms with Gasteiger partial charge in [0, 0.05) is 38.0 Å². The second-order valence-corrected chi connectivity index (χ2v) is 8.98. The summed E-state index contributed by atoms with van der Waals surface area (Å²) < 4.78 is 58.9. The first-order valence-corrected chi connectivity index (χ1v) is 11.8. The number of benzene rings is 2. The number of carbonyl (C=O) groups is 4. The lowest BCUT2D eigenvalue weighted by molar-refractivity contribution is -0.145. The highest BCUT2D eigenvalue weighted by atomic mass is 19.2. The Bertz CT molecular complexity index is 1180. The third kappa shape index (κ3) is 7.15. The first kappa shape index (κ1) is 28.8. The molecule has 2 aromatic rings. The van der Waals surface area contributed by atoms with Gasteiger partial charge in [-0.25, -0.2) is 8.78 Å². The molecule has 1 heterocycles. The van der Waals surface area contributed by atoms with Gasteiger partial charge < -0.3 is 14.7 Å². The number of hydrogen-bond acceptors (Lipinski definition) is 6. The van der Waals surface area contributed by atoms with Crippen LogP contribution in [0, 0.1) is 29.2 Å². The van der Waals surface area contributed by atoms with Crippen molar-refractivity contribution in [3.05, 3.63) is 65.2 Å². The van der Waals surface area contributed by atoms with Crippen LogP contribution in [0.2, 0.25) is 0 Å². The zero-order valence-electron chi connectivity index (χ0n) is 20.5. The lowest BCUT2D eigenvalue weighted by atomic mass is 9.94. The number of carboxylic acids is 1. The number of piperazine rings is 1. The number of Topliss-reactive ketones (excluding diaryl/α,β-unsaturated/α-hetero) is 2. The van der Waals surface area contributed by atoms with E-state index in [4.69, 9.17) is 5.11 Å². The minimum atomic E-state index is -1.86. The molecule has 204 valence electrons. The van der Waals surface area contributed by atoms with Gasteiger partial charge in [0.15, 0.2) is 29.0 Å². The number of carbonyl (C=O) groups excluding carboxylic acids is 3. The molecule has 1 aliphatic heterocycles. The Morgan fingerprint density at radius 3 is 2.26 bits per heavy atom. The summed E-state index contributed by atoms with van der Waals surface area (Å²) in [5.41, 5.74) is 1.02. The fourth-order valence-corrected chi connectivity index (χ4v) is 4.17. The molecule has 1 aliphatic rings. The quantitative estimate of drug-likeness (QED) is 0.327. The summed E-state index contributed by atoms with van der Waals surface area (Å²) in [4.78, 5) is 52.6. The van der Waals surface area contributed by atoms with Crippen LogP contribution < -0.4 is 4.74 Å². The molecule has 0 spiro atoms. The van der Waals surface area contributed by atoms with E-state index in [1.54, 1.807) is 6.92 Å². The lowest BCUT2D eigenvalue weighted by Gasteiger charge is -2.39. The molecule has 0 saturated carbocycles. The number of nitrogens with zero attached hydrogens (tertiary/aromatic N) is 2. The zero-order chi connectivity index (χ0) is 28.0. The molecule has 0 aliphatic carbocycles. The second kappa shape index (κ2) is 12.6. The van der Waals surface area contributed by atoms with E-state index in [2.05, 4.69) is 4.74 Å². The molecule has 12 heteroatoms. The van der Waals surface area contributed by atoms with Gasteiger partial charge in [0.2, 0.25) is 17.5 Å². The van der Waals surface area contributed by atoms with Gasteiger partial charge >= 0.3 is 5.97 Å². The van der Waals surface area contributed by atoms with Crippen LogP contribution in [-0.4, -0.2) is 70.6 Å². The topological polar surface area (TPSA) is 104 Å². The van der Waals surface area contributed by atoms with Crippen LogP contribution in [0.25, 0.3) is 0 Å². The summed E-state index contributed by atoms with van der Waals surface area (Å²) in [6.07, 6.45) is -1.38. The van der Waals surface area contributed by atoms with E-state index in [-0.39, 0.29) is 25.1 Å². The number of ether oxygens (including phenoxy) is 1. The van der Waals surface area contributed by atoms with E-state index in [9.17, 15) is 36.7 Å². The number of hydrogen-bond donors (Lipinski definition) is 1. The van der Waals surface area contributed by atoms with E-state index in [1.165, 1.54) is 4.90 Å². The van der Waals surface area contributed by atoms with E-state index in [1.807, 2.05) is 35.2 Å². The Morgan fingerprint density at radius 1 is 1.03 bits per heavy atom. The minimum Gasteiger partial charge on any atom is -0.481 e. The highest BCUT2D eigenvalue weighted by Crippen LogP contribution is 2.27. The summed E-state index contributed by atoms with van der Waals surface area (Å²) in [5, 5.41) is 9.15. The smallest absolute Gasteiger partial charge is 0.304 e. The van der Waals surface area contributed by atoms with E-state index < -0.39 is 78.0 Å². The van der Waals surface area contributed by atoms with Gasteiger partial charge in [-0.05, 0) is 12.5 Å². The minimum absolute atomic E-state index is 0.0329. The molecule has 1 fully saturated rings. The number of halogens is 4. The Kier molecular flexibility index (Phi) is 9.56. The Balaban J connectivity index is 1.59. The van der Waals surface area contributed by atoms with Crippen molar-refractivity contribution in [3.63, 3.8) is 0 Å². The molecule has 2 aromatic carbocycles. The molecular weight excluding hydrogens is 512 g/mol. The molecule has 8 nitrogen and oxygen atoms in total. The first-order chi connectivity index (χ1) is 18.0. The van der Waals surface area contributed by atoms with Crippen molar-refractivity contribution in [3.8, 4) is 5.75 Å². The Morgan fingerprint density at radius 2 is 1.66 bits per heavy atom. The van der Waals surface area contributed by atoms with Crippen LogP contribution in [0.3, 0.4) is 0 Å². The fraction of sp³-hybridized carbons (Fsp3) is 0.385. The van der Waals surface area contributed by atoms with Crippen LogP contribution in [0.4, 0.5) is 17.6 Å². The average molecular weight is 538 g/mol. The predicted octanol–water partition coefficient (Wildman–Crippen LogP) is 2.97. The molecule has 0 bridgehead atoms. The molecular formula is C26H26F4N2O6.